The maximum absolute atomic E-state index is 12.5. The average Bonchev–Trinajstić information content (AvgIpc) is 3.79. The Morgan fingerprint density at radius 3 is 1.39 bits per heavy atom. The number of ketones is 1. The summed E-state index contributed by atoms with van der Waals surface area (Å²) in [5.41, 5.74) is 13.1. The summed E-state index contributed by atoms with van der Waals surface area (Å²) in [5.74, 6) is 14.7. The van der Waals surface area contributed by atoms with Crippen LogP contribution in [0.2, 0.25) is 19.6 Å². The van der Waals surface area contributed by atoms with E-state index in [0.717, 1.165) is 97.2 Å². The predicted octanol–water partition coefficient (Wildman–Crippen LogP) is 15.4. The zero-order valence-electron chi connectivity index (χ0n) is 45.6. The van der Waals surface area contributed by atoms with Crippen molar-refractivity contribution in [2.75, 3.05) is 0 Å². The monoisotopic (exact) mass is 971 g/mol. The van der Waals surface area contributed by atoms with Gasteiger partial charge in [0.1, 0.15) is 8.07 Å². The molecule has 0 aromatic heterocycles. The van der Waals surface area contributed by atoms with Gasteiger partial charge in [-0.3, -0.25) is 4.79 Å². The number of rotatable bonds is 0. The van der Waals surface area contributed by atoms with Crippen molar-refractivity contribution in [2.45, 2.75) is 188 Å². The lowest BCUT2D eigenvalue weighted by molar-refractivity contribution is -0.128. The third-order valence-corrected chi connectivity index (χ3v) is 23.8. The Bertz CT molecular complexity index is 2580. The first-order valence-corrected chi connectivity index (χ1v) is 32.1. The van der Waals surface area contributed by atoms with Crippen LogP contribution in [0.5, 0.6) is 0 Å². The molecule has 17 atom stereocenters. The van der Waals surface area contributed by atoms with Crippen molar-refractivity contribution < 1.29 is 15.0 Å². The fourth-order valence-corrected chi connectivity index (χ4v) is 19.3. The summed E-state index contributed by atoms with van der Waals surface area (Å²) in [4.78, 5) is 12.5. The van der Waals surface area contributed by atoms with E-state index in [1.54, 1.807) is 27.9 Å². The van der Waals surface area contributed by atoms with Crippen LogP contribution in [0.15, 0.2) is 106 Å². The van der Waals surface area contributed by atoms with Crippen LogP contribution >= 0.6 is 0 Å². The first-order chi connectivity index (χ1) is 33.5. The Balaban J connectivity index is 0.000000124. The molecule has 0 aliphatic heterocycles. The fraction of sp³-hybridized carbons (Fsp3) is 0.657. The number of hydrogen-bond acceptors (Lipinski definition) is 3. The van der Waals surface area contributed by atoms with E-state index < -0.39 is 19.3 Å². The van der Waals surface area contributed by atoms with Crippen LogP contribution in [0.4, 0.5) is 0 Å². The standard InChI is InChI=1S/C25H36OSi.C22H28O.C20H26O/c1-17-7-9-20-19(15-17)8-10-22-21(20)11-12-24(3)23(22)16-18(2)25(24,26)13-14-27(4,5)6;1-5-22(23)15(3)13-20-19-9-7-16-12-14(2)6-8-17(16)18(19)10-11-21(20,22)4;1-12-4-6-15-14(10-12)5-7-17-16(15)8-9-20(3)18(17)11-13(2)19(20)21/h8,15,20-23,26H,2,7,9-12,16H2,1,3-6H3;1,7,12,17-20,23H,3,6,8-11,13H2,2,4H3;5,10,15-18H,2,4,6-9,11H2,1,3H3/t20-,21+,22+,23-,24-,25-;17-,18+,19+,20-,21-,22-;15-,16+,17+,18-,20-/m000/s1. The van der Waals surface area contributed by atoms with Gasteiger partial charge in [0.05, 0.1) is 0 Å². The molecule has 3 nitrogen and oxygen atoms in total. The van der Waals surface area contributed by atoms with Crippen LogP contribution in [-0.2, 0) is 4.79 Å². The van der Waals surface area contributed by atoms with Gasteiger partial charge in [-0.15, -0.1) is 12.0 Å². The summed E-state index contributed by atoms with van der Waals surface area (Å²) >= 11 is 0. The second-order valence-electron chi connectivity index (χ2n) is 27.7. The van der Waals surface area contributed by atoms with E-state index in [0.29, 0.717) is 41.3 Å². The van der Waals surface area contributed by atoms with Crippen LogP contribution in [0.1, 0.15) is 157 Å². The minimum atomic E-state index is -1.53. The Labute approximate surface area is 432 Å². The van der Waals surface area contributed by atoms with Gasteiger partial charge in [0.25, 0.3) is 0 Å². The SMILES string of the molecule is C#C[C@]1(O)C(=C)C[C@H]2[C@@H]3CC=C4C=C(C)CC[C@@H]4[C@H]3CC[C@@]21C.C=C1C[C@H]2[C@@H]3CC=C4C=C(C)CC[C@@H]4[C@H]3CC[C@]2(C)C1=O.C=C1C[C@H]2[C@@H]3CC=C4C=C(C)CC[C@@H]4[C@H]3CC[C@]2(C)[C@]1(O)C#C[Si](C)(C)C. The molecule has 0 spiro atoms. The van der Waals surface area contributed by atoms with Crippen molar-refractivity contribution in [3.05, 3.63) is 106 Å². The molecule has 12 aliphatic carbocycles. The zero-order chi connectivity index (χ0) is 50.8. The molecular formula is C67H90O3Si. The molecule has 0 aromatic rings. The normalized spacial score (nSPS) is 45.7. The molecule has 0 saturated heterocycles. The molecule has 71 heavy (non-hydrogen) atoms. The topological polar surface area (TPSA) is 57.5 Å². The van der Waals surface area contributed by atoms with Gasteiger partial charge in [0.15, 0.2) is 17.0 Å². The number of Topliss-reactive ketones (excluding diaryl/α,β-unsaturated/α-hetero) is 1. The van der Waals surface area contributed by atoms with E-state index in [-0.39, 0.29) is 16.2 Å². The lowest BCUT2D eigenvalue weighted by atomic mass is 9.51. The largest absolute Gasteiger partial charge is 0.373 e. The number of fused-ring (bicyclic) bond motifs is 15. The number of terminal acetylenes is 1. The summed E-state index contributed by atoms with van der Waals surface area (Å²) < 4.78 is 0. The van der Waals surface area contributed by atoms with E-state index in [4.69, 9.17) is 6.42 Å². The van der Waals surface area contributed by atoms with Crippen molar-refractivity contribution in [3.63, 3.8) is 0 Å². The number of allylic oxidation sites excluding steroid dienone is 13. The highest BCUT2D eigenvalue weighted by atomic mass is 28.3. The minimum Gasteiger partial charge on any atom is -0.373 e. The molecule has 4 heteroatoms. The first kappa shape index (κ1) is 51.1. The Morgan fingerprint density at radius 2 is 0.972 bits per heavy atom. The molecule has 2 N–H and O–H groups in total. The maximum atomic E-state index is 12.5. The van der Waals surface area contributed by atoms with Crippen molar-refractivity contribution in [1.82, 2.24) is 0 Å². The van der Waals surface area contributed by atoms with Crippen LogP contribution in [-0.4, -0.2) is 35.3 Å². The van der Waals surface area contributed by atoms with Gasteiger partial charge in [-0.2, -0.15) is 0 Å². The van der Waals surface area contributed by atoms with Crippen molar-refractivity contribution >= 4 is 13.9 Å². The third kappa shape index (κ3) is 8.15. The number of carbonyl (C=O) groups is 1. The van der Waals surface area contributed by atoms with Gasteiger partial charge in [-0.05, 0) is 241 Å². The maximum Gasteiger partial charge on any atom is 0.164 e. The molecule has 0 unspecified atom stereocenters. The molecule has 6 fully saturated rings. The highest BCUT2D eigenvalue weighted by molar-refractivity contribution is 6.83. The first-order valence-electron chi connectivity index (χ1n) is 28.6. The van der Waals surface area contributed by atoms with Gasteiger partial charge >= 0.3 is 0 Å². The Kier molecular flexibility index (Phi) is 13.1. The molecule has 0 radical (unpaired) electrons. The second-order valence-corrected chi connectivity index (χ2v) is 32.5. The van der Waals surface area contributed by atoms with Gasteiger partial charge in [-0.25, -0.2) is 0 Å². The summed E-state index contributed by atoms with van der Waals surface area (Å²) in [7, 11) is -1.53. The van der Waals surface area contributed by atoms with Crippen molar-refractivity contribution in [2.24, 2.45) is 87.3 Å². The Morgan fingerprint density at radius 1 is 0.577 bits per heavy atom. The summed E-state index contributed by atoms with van der Waals surface area (Å²) in [6.45, 7) is 32.9. The summed E-state index contributed by atoms with van der Waals surface area (Å²) in [6, 6.07) is 0. The highest BCUT2D eigenvalue weighted by Crippen LogP contribution is 2.67. The molecule has 6 saturated carbocycles. The van der Waals surface area contributed by atoms with Gasteiger partial charge in [-0.1, -0.05) is 125 Å². The fourth-order valence-electron chi connectivity index (χ4n) is 18.8. The summed E-state index contributed by atoms with van der Waals surface area (Å²) in [6.07, 6.45) is 41.5. The molecule has 380 valence electrons. The molecule has 0 bridgehead atoms. The lowest BCUT2D eigenvalue weighted by Crippen LogP contribution is -2.52. The quantitative estimate of drug-likeness (QED) is 0.110. The smallest absolute Gasteiger partial charge is 0.164 e. The van der Waals surface area contributed by atoms with E-state index in [1.165, 1.54) is 76.2 Å². The van der Waals surface area contributed by atoms with Crippen LogP contribution in [0.3, 0.4) is 0 Å². The van der Waals surface area contributed by atoms with E-state index in [2.05, 4.69) is 135 Å². The molecular weight excluding hydrogens is 881 g/mol. The zero-order valence-corrected chi connectivity index (χ0v) is 46.6. The average molecular weight is 972 g/mol. The third-order valence-electron chi connectivity index (χ3n) is 22.9. The molecule has 12 rings (SSSR count). The predicted molar refractivity (Wildman–Crippen MR) is 297 cm³/mol. The van der Waals surface area contributed by atoms with E-state index in [1.807, 2.05) is 0 Å². The lowest BCUT2D eigenvalue weighted by Gasteiger charge is -2.53. The Hall–Kier alpha value is -3.41. The van der Waals surface area contributed by atoms with Crippen molar-refractivity contribution in [1.29, 1.82) is 0 Å². The number of aliphatic hydroxyl groups is 2. The van der Waals surface area contributed by atoms with E-state index >= 15 is 0 Å². The van der Waals surface area contributed by atoms with Crippen molar-refractivity contribution in [3.8, 4) is 23.8 Å². The second kappa shape index (κ2) is 18.2. The summed E-state index contributed by atoms with van der Waals surface area (Å²) in [5, 5.41) is 22.9. The molecule has 0 aromatic carbocycles. The van der Waals surface area contributed by atoms with Gasteiger partial charge in [0.2, 0.25) is 0 Å². The van der Waals surface area contributed by atoms with Crippen LogP contribution in [0, 0.1) is 111 Å². The number of hydrogen-bond donors (Lipinski definition) is 2. The van der Waals surface area contributed by atoms with Gasteiger partial charge in [0, 0.05) is 16.2 Å². The molecule has 12 aliphatic rings. The minimum absolute atomic E-state index is 0.0932. The van der Waals surface area contributed by atoms with E-state index in [9.17, 15) is 15.0 Å². The number of carbonyl (C=O) groups excluding carboxylic acids is 1. The highest BCUT2D eigenvalue weighted by Gasteiger charge is 2.65. The molecule has 0 amide bonds. The molecule has 0 heterocycles. The van der Waals surface area contributed by atoms with Gasteiger partial charge < -0.3 is 10.2 Å². The van der Waals surface area contributed by atoms with Crippen LogP contribution < -0.4 is 0 Å². The van der Waals surface area contributed by atoms with Crippen LogP contribution in [0.25, 0.3) is 0 Å².